The highest BCUT2D eigenvalue weighted by molar-refractivity contribution is 6.22. The van der Waals surface area contributed by atoms with Crippen molar-refractivity contribution in [2.45, 2.75) is 18.3 Å². The van der Waals surface area contributed by atoms with Gasteiger partial charge in [-0.3, -0.25) is 4.79 Å². The van der Waals surface area contributed by atoms with Gasteiger partial charge in [0, 0.05) is 18.5 Å². The summed E-state index contributed by atoms with van der Waals surface area (Å²) in [5.41, 5.74) is -0.0818. The van der Waals surface area contributed by atoms with Crippen molar-refractivity contribution in [1.82, 2.24) is 4.90 Å². The Bertz CT molecular complexity index is 404. The Morgan fingerprint density at radius 3 is 2.50 bits per heavy atom. The van der Waals surface area contributed by atoms with Crippen molar-refractivity contribution in [1.29, 1.82) is 0 Å². The number of halogens is 3. The number of carbonyl (C=O) groups excluding carboxylic acids is 1. The maximum atomic E-state index is 13.3. The second-order valence-electron chi connectivity index (χ2n) is 3.78. The highest BCUT2D eigenvalue weighted by Crippen LogP contribution is 2.21. The molecular weight excluding hydrogens is 236 g/mol. The molecule has 2 nitrogen and oxygen atoms in total. The molecule has 1 aromatic rings. The third kappa shape index (κ3) is 2.16. The number of nitrogens with zero attached hydrogens (tertiary/aromatic N) is 1. The van der Waals surface area contributed by atoms with E-state index in [1.807, 2.05) is 0 Å². The van der Waals surface area contributed by atoms with E-state index in [9.17, 15) is 13.6 Å². The van der Waals surface area contributed by atoms with E-state index in [1.165, 1.54) is 23.1 Å². The van der Waals surface area contributed by atoms with Gasteiger partial charge in [0.2, 0.25) is 5.91 Å². The summed E-state index contributed by atoms with van der Waals surface area (Å²) in [5, 5.41) is -0.262. The minimum Gasteiger partial charge on any atom is -0.337 e. The average Bonchev–Trinajstić information content (AvgIpc) is 2.51. The summed E-state index contributed by atoms with van der Waals surface area (Å²) in [5.74, 6) is -1.43. The molecule has 16 heavy (non-hydrogen) atoms. The molecule has 1 atom stereocenters. The van der Waals surface area contributed by atoms with Crippen molar-refractivity contribution >= 4 is 17.5 Å². The van der Waals surface area contributed by atoms with E-state index in [4.69, 9.17) is 11.6 Å². The Morgan fingerprint density at radius 2 is 2.00 bits per heavy atom. The number of hydrogen-bond acceptors (Lipinski definition) is 1. The van der Waals surface area contributed by atoms with Crippen LogP contribution in [0.1, 0.15) is 12.0 Å². The minimum atomic E-state index is -0.633. The molecule has 0 radical (unpaired) electrons. The zero-order valence-corrected chi connectivity index (χ0v) is 9.18. The Kier molecular flexibility index (Phi) is 3.10. The fourth-order valence-corrected chi connectivity index (χ4v) is 2.05. The smallest absolute Gasteiger partial charge is 0.224 e. The average molecular weight is 246 g/mol. The number of alkyl halides is 1. The van der Waals surface area contributed by atoms with Gasteiger partial charge in [-0.25, -0.2) is 8.78 Å². The van der Waals surface area contributed by atoms with Crippen LogP contribution in [0.25, 0.3) is 0 Å². The molecular formula is C11H10ClF2NO. The summed E-state index contributed by atoms with van der Waals surface area (Å²) in [7, 11) is 0. The number of benzene rings is 1. The second kappa shape index (κ2) is 4.37. The minimum absolute atomic E-state index is 0.0550. The van der Waals surface area contributed by atoms with Gasteiger partial charge in [0.1, 0.15) is 11.6 Å². The Labute approximate surface area is 96.8 Å². The van der Waals surface area contributed by atoms with Crippen LogP contribution in [0.4, 0.5) is 8.78 Å². The van der Waals surface area contributed by atoms with Crippen LogP contribution in [0.3, 0.4) is 0 Å². The van der Waals surface area contributed by atoms with E-state index < -0.39 is 11.6 Å². The van der Waals surface area contributed by atoms with Crippen molar-refractivity contribution in [3.8, 4) is 0 Å². The number of hydrogen-bond donors (Lipinski definition) is 0. The summed E-state index contributed by atoms with van der Waals surface area (Å²) in [6.07, 6.45) is 0.234. The first kappa shape index (κ1) is 11.3. The van der Waals surface area contributed by atoms with E-state index >= 15 is 0 Å². The Balaban J connectivity index is 2.18. The topological polar surface area (TPSA) is 20.3 Å². The lowest BCUT2D eigenvalue weighted by atomic mass is 10.2. The molecule has 1 saturated heterocycles. The molecule has 0 spiro atoms. The van der Waals surface area contributed by atoms with E-state index in [-0.39, 0.29) is 29.8 Å². The van der Waals surface area contributed by atoms with Gasteiger partial charge in [-0.15, -0.1) is 11.6 Å². The lowest BCUT2D eigenvalue weighted by molar-refractivity contribution is -0.128. The van der Waals surface area contributed by atoms with Crippen LogP contribution in [-0.2, 0) is 11.3 Å². The predicted octanol–water partition coefficient (Wildman–Crippen LogP) is 2.30. The lowest BCUT2D eigenvalue weighted by Gasteiger charge is -2.16. The number of rotatable bonds is 2. The predicted molar refractivity (Wildman–Crippen MR) is 56.0 cm³/mol. The molecule has 0 N–H and O–H groups in total. The van der Waals surface area contributed by atoms with Crippen LogP contribution in [0, 0.1) is 11.6 Å². The molecule has 86 valence electrons. The molecule has 1 heterocycles. The van der Waals surface area contributed by atoms with Crippen LogP contribution < -0.4 is 0 Å². The van der Waals surface area contributed by atoms with Crippen molar-refractivity contribution in [3.63, 3.8) is 0 Å². The summed E-state index contributed by atoms with van der Waals surface area (Å²) in [4.78, 5) is 12.8. The molecule has 5 heteroatoms. The van der Waals surface area contributed by atoms with Crippen molar-refractivity contribution in [3.05, 3.63) is 35.4 Å². The standard InChI is InChI=1S/C11H10ClF2NO/c12-7-4-11(16)15(5-7)6-8-9(13)2-1-3-10(8)14/h1-3,7H,4-6H2. The van der Waals surface area contributed by atoms with E-state index in [2.05, 4.69) is 0 Å². The summed E-state index contributed by atoms with van der Waals surface area (Å²) in [6.45, 7) is 0.286. The van der Waals surface area contributed by atoms with Crippen LogP contribution in [0.2, 0.25) is 0 Å². The third-order valence-corrected chi connectivity index (χ3v) is 2.87. The molecule has 1 aromatic carbocycles. The van der Waals surface area contributed by atoms with Crippen LogP contribution in [0.5, 0.6) is 0 Å². The Morgan fingerprint density at radius 1 is 1.38 bits per heavy atom. The first-order valence-corrected chi connectivity index (χ1v) is 5.36. The fraction of sp³-hybridized carbons (Fsp3) is 0.364. The molecule has 1 amide bonds. The van der Waals surface area contributed by atoms with Crippen LogP contribution in [0.15, 0.2) is 18.2 Å². The van der Waals surface area contributed by atoms with Gasteiger partial charge in [-0.05, 0) is 12.1 Å². The number of likely N-dealkylation sites (tertiary alicyclic amines) is 1. The largest absolute Gasteiger partial charge is 0.337 e. The normalized spacial score (nSPS) is 20.6. The molecule has 1 fully saturated rings. The molecule has 0 aromatic heterocycles. The van der Waals surface area contributed by atoms with Gasteiger partial charge in [0.15, 0.2) is 0 Å². The fourth-order valence-electron chi connectivity index (χ4n) is 1.75. The van der Waals surface area contributed by atoms with Gasteiger partial charge in [-0.1, -0.05) is 6.07 Å². The van der Waals surface area contributed by atoms with Gasteiger partial charge < -0.3 is 4.90 Å². The number of amides is 1. The van der Waals surface area contributed by atoms with Crippen molar-refractivity contribution in [2.75, 3.05) is 6.54 Å². The maximum Gasteiger partial charge on any atom is 0.224 e. The summed E-state index contributed by atoms with van der Waals surface area (Å²) < 4.78 is 26.6. The molecule has 2 rings (SSSR count). The lowest BCUT2D eigenvalue weighted by Crippen LogP contribution is -2.25. The van der Waals surface area contributed by atoms with Gasteiger partial charge >= 0.3 is 0 Å². The Hall–Kier alpha value is -1.16. The zero-order chi connectivity index (χ0) is 11.7. The highest BCUT2D eigenvalue weighted by Gasteiger charge is 2.29. The molecule has 1 aliphatic heterocycles. The summed E-state index contributed by atoms with van der Waals surface area (Å²) in [6, 6.07) is 3.65. The van der Waals surface area contributed by atoms with Gasteiger partial charge in [0.05, 0.1) is 11.9 Å². The zero-order valence-electron chi connectivity index (χ0n) is 8.42. The molecule has 1 unspecified atom stereocenters. The molecule has 0 aliphatic carbocycles. The monoisotopic (exact) mass is 245 g/mol. The van der Waals surface area contributed by atoms with E-state index in [1.54, 1.807) is 0 Å². The van der Waals surface area contributed by atoms with E-state index in [0.717, 1.165) is 0 Å². The van der Waals surface area contributed by atoms with Gasteiger partial charge in [-0.2, -0.15) is 0 Å². The SMILES string of the molecule is O=C1CC(Cl)CN1Cc1c(F)cccc1F. The molecule has 1 aliphatic rings. The van der Waals surface area contributed by atoms with Crippen LogP contribution in [-0.4, -0.2) is 22.7 Å². The number of carbonyl (C=O) groups is 1. The van der Waals surface area contributed by atoms with E-state index in [0.29, 0.717) is 6.54 Å². The molecule has 0 saturated carbocycles. The second-order valence-corrected chi connectivity index (χ2v) is 4.39. The van der Waals surface area contributed by atoms with Crippen molar-refractivity contribution in [2.24, 2.45) is 0 Å². The highest BCUT2D eigenvalue weighted by atomic mass is 35.5. The van der Waals surface area contributed by atoms with Crippen molar-refractivity contribution < 1.29 is 13.6 Å². The first-order valence-electron chi connectivity index (χ1n) is 4.92. The summed E-state index contributed by atoms with van der Waals surface area (Å²) >= 11 is 5.80. The molecule has 0 bridgehead atoms. The maximum absolute atomic E-state index is 13.3. The van der Waals surface area contributed by atoms with Gasteiger partial charge in [0.25, 0.3) is 0 Å². The quantitative estimate of drug-likeness (QED) is 0.733. The third-order valence-electron chi connectivity index (χ3n) is 2.58. The van der Waals surface area contributed by atoms with Crippen LogP contribution >= 0.6 is 11.6 Å². The first-order chi connectivity index (χ1) is 7.58.